The molecule has 0 fully saturated rings. The summed E-state index contributed by atoms with van der Waals surface area (Å²) < 4.78 is 0.740. The molecule has 1 aromatic rings. The molecule has 0 bridgehead atoms. The zero-order chi connectivity index (χ0) is 7.72. The third-order valence-corrected chi connectivity index (χ3v) is 2.83. The first-order valence-corrected chi connectivity index (χ1v) is 4.21. The van der Waals surface area contributed by atoms with Crippen LogP contribution < -0.4 is 5.73 Å². The topological polar surface area (TPSA) is 38.9 Å². The van der Waals surface area contributed by atoms with Gasteiger partial charge in [0.25, 0.3) is 0 Å². The number of hydrogen-bond acceptors (Lipinski definition) is 2. The van der Waals surface area contributed by atoms with Gasteiger partial charge < -0.3 is 5.73 Å². The van der Waals surface area contributed by atoms with Crippen LogP contribution in [-0.4, -0.2) is 4.98 Å². The van der Waals surface area contributed by atoms with Gasteiger partial charge in [0.2, 0.25) is 0 Å². The summed E-state index contributed by atoms with van der Waals surface area (Å²) in [6, 6.07) is 1.56. The summed E-state index contributed by atoms with van der Waals surface area (Å²) in [5.41, 5.74) is 6.07. The Morgan fingerprint density at radius 2 is 2.10 bits per heavy atom. The summed E-state index contributed by atoms with van der Waals surface area (Å²) in [6.07, 6.45) is 0. The highest BCUT2D eigenvalue weighted by Crippen LogP contribution is 2.24. The van der Waals surface area contributed by atoms with Crippen molar-refractivity contribution in [3.05, 3.63) is 19.9 Å². The molecule has 5 heteroatoms. The van der Waals surface area contributed by atoms with Crippen LogP contribution in [0.15, 0.2) is 6.07 Å². The summed E-state index contributed by atoms with van der Waals surface area (Å²) in [4.78, 5) is 3.78. The van der Waals surface area contributed by atoms with Crippen molar-refractivity contribution < 1.29 is 0 Å². The predicted molar refractivity (Wildman–Crippen MR) is 51.4 cm³/mol. The van der Waals surface area contributed by atoms with Gasteiger partial charge in [0, 0.05) is 0 Å². The average Bonchev–Trinajstić information content (AvgIpc) is 1.82. The normalized spacial score (nSPS) is 9.90. The number of aromatic nitrogens is 1. The van der Waals surface area contributed by atoms with Crippen LogP contribution >= 0.6 is 45.8 Å². The van der Waals surface area contributed by atoms with Crippen molar-refractivity contribution in [2.75, 3.05) is 5.73 Å². The number of anilines is 1. The van der Waals surface area contributed by atoms with Crippen LogP contribution in [0.3, 0.4) is 0 Å². The van der Waals surface area contributed by atoms with E-state index in [1.54, 1.807) is 6.07 Å². The first-order chi connectivity index (χ1) is 4.61. The number of hydrogen-bond donors (Lipinski definition) is 1. The fourth-order valence-corrected chi connectivity index (χ4v) is 1.21. The van der Waals surface area contributed by atoms with E-state index in [2.05, 4.69) is 4.98 Å². The first kappa shape index (κ1) is 8.36. The van der Waals surface area contributed by atoms with Crippen molar-refractivity contribution in [3.8, 4) is 0 Å². The Labute approximate surface area is 81.9 Å². The zero-order valence-corrected chi connectivity index (χ0v) is 8.41. The standard InChI is InChI=1S/C5H3Cl2IN2/c6-3-1-2(9)4(8)5(7)10-3/h1H,(H2,9,10). The van der Waals surface area contributed by atoms with Gasteiger partial charge in [0.15, 0.2) is 0 Å². The third kappa shape index (κ3) is 1.65. The number of pyridine rings is 1. The number of nitrogen functional groups attached to an aromatic ring is 1. The number of nitrogens with two attached hydrogens (primary N) is 1. The van der Waals surface area contributed by atoms with Crippen LogP contribution in [0.4, 0.5) is 5.69 Å². The van der Waals surface area contributed by atoms with Crippen LogP contribution in [0.5, 0.6) is 0 Å². The van der Waals surface area contributed by atoms with Crippen molar-refractivity contribution in [1.82, 2.24) is 4.98 Å². The maximum Gasteiger partial charge on any atom is 0.146 e. The van der Waals surface area contributed by atoms with E-state index >= 15 is 0 Å². The average molecular weight is 289 g/mol. The highest BCUT2D eigenvalue weighted by molar-refractivity contribution is 14.1. The highest BCUT2D eigenvalue weighted by Gasteiger charge is 2.03. The zero-order valence-electron chi connectivity index (χ0n) is 4.74. The van der Waals surface area contributed by atoms with E-state index in [9.17, 15) is 0 Å². The molecule has 1 aromatic heterocycles. The Balaban J connectivity index is 3.31. The van der Waals surface area contributed by atoms with Crippen molar-refractivity contribution >= 4 is 51.5 Å². The Morgan fingerprint density at radius 1 is 1.50 bits per heavy atom. The number of rotatable bonds is 0. The van der Waals surface area contributed by atoms with Gasteiger partial charge in [-0.25, -0.2) is 4.98 Å². The van der Waals surface area contributed by atoms with Crippen LogP contribution in [0.25, 0.3) is 0 Å². The lowest BCUT2D eigenvalue weighted by molar-refractivity contribution is 1.31. The van der Waals surface area contributed by atoms with E-state index in [0.717, 1.165) is 3.57 Å². The van der Waals surface area contributed by atoms with Crippen molar-refractivity contribution in [3.63, 3.8) is 0 Å². The molecule has 1 heterocycles. The molecule has 0 unspecified atom stereocenters. The van der Waals surface area contributed by atoms with Crippen LogP contribution in [0.2, 0.25) is 10.3 Å². The maximum atomic E-state index is 5.64. The second kappa shape index (κ2) is 3.11. The predicted octanol–water partition coefficient (Wildman–Crippen LogP) is 2.58. The summed E-state index contributed by atoms with van der Waals surface area (Å²) >= 11 is 13.2. The lowest BCUT2D eigenvalue weighted by Gasteiger charge is -1.98. The Morgan fingerprint density at radius 3 is 2.60 bits per heavy atom. The molecule has 0 aromatic carbocycles. The van der Waals surface area contributed by atoms with Crippen LogP contribution in [-0.2, 0) is 0 Å². The third-order valence-electron chi connectivity index (χ3n) is 0.914. The molecule has 0 aliphatic heterocycles. The van der Waals surface area contributed by atoms with Gasteiger partial charge in [0.05, 0.1) is 9.26 Å². The molecule has 0 spiro atoms. The van der Waals surface area contributed by atoms with E-state index in [0.29, 0.717) is 16.0 Å². The molecule has 1 rings (SSSR count). The molecular weight excluding hydrogens is 286 g/mol. The quantitative estimate of drug-likeness (QED) is 0.589. The summed E-state index contributed by atoms with van der Waals surface area (Å²) in [5, 5.41) is 0.675. The molecule has 2 nitrogen and oxygen atoms in total. The van der Waals surface area contributed by atoms with Crippen molar-refractivity contribution in [2.45, 2.75) is 0 Å². The second-order valence-corrected chi connectivity index (χ2v) is 3.46. The number of halogens is 3. The van der Waals surface area contributed by atoms with Gasteiger partial charge in [-0.05, 0) is 28.7 Å². The smallest absolute Gasteiger partial charge is 0.146 e. The summed E-state index contributed by atoms with van der Waals surface area (Å²) in [7, 11) is 0. The van der Waals surface area contributed by atoms with Gasteiger partial charge in [-0.3, -0.25) is 0 Å². The van der Waals surface area contributed by atoms with Crippen molar-refractivity contribution in [1.29, 1.82) is 0 Å². The van der Waals surface area contributed by atoms with Crippen molar-refractivity contribution in [2.24, 2.45) is 0 Å². The van der Waals surface area contributed by atoms with E-state index in [1.807, 2.05) is 22.6 Å². The first-order valence-electron chi connectivity index (χ1n) is 2.38. The largest absolute Gasteiger partial charge is 0.398 e. The van der Waals surface area contributed by atoms with Crippen LogP contribution in [0.1, 0.15) is 0 Å². The Kier molecular flexibility index (Phi) is 2.60. The fraction of sp³-hybridized carbons (Fsp3) is 0. The molecule has 0 atom stereocenters. The summed E-state index contributed by atoms with van der Waals surface area (Å²) in [5.74, 6) is 0. The molecule has 2 N–H and O–H groups in total. The van der Waals surface area contributed by atoms with Gasteiger partial charge in [-0.2, -0.15) is 0 Å². The molecule has 0 aliphatic carbocycles. The minimum absolute atomic E-state index is 0.322. The van der Waals surface area contributed by atoms with Gasteiger partial charge in [0.1, 0.15) is 10.3 Å². The molecule has 0 saturated carbocycles. The second-order valence-electron chi connectivity index (χ2n) is 1.64. The molecule has 10 heavy (non-hydrogen) atoms. The Hall–Kier alpha value is 0.260. The molecular formula is C5H3Cl2IN2. The van der Waals surface area contributed by atoms with E-state index < -0.39 is 0 Å². The minimum Gasteiger partial charge on any atom is -0.398 e. The van der Waals surface area contributed by atoms with E-state index in [-0.39, 0.29) is 0 Å². The lowest BCUT2D eigenvalue weighted by Crippen LogP contribution is -1.92. The lowest BCUT2D eigenvalue weighted by atomic mass is 10.4. The summed E-state index contributed by atoms with van der Waals surface area (Å²) in [6.45, 7) is 0. The monoisotopic (exact) mass is 288 g/mol. The van der Waals surface area contributed by atoms with E-state index in [4.69, 9.17) is 28.9 Å². The van der Waals surface area contributed by atoms with Gasteiger partial charge in [-0.15, -0.1) is 0 Å². The van der Waals surface area contributed by atoms with Crippen LogP contribution in [0, 0.1) is 3.57 Å². The van der Waals surface area contributed by atoms with Gasteiger partial charge >= 0.3 is 0 Å². The molecule has 0 aliphatic rings. The SMILES string of the molecule is Nc1cc(Cl)nc(Cl)c1I. The fourth-order valence-electron chi connectivity index (χ4n) is 0.486. The maximum absolute atomic E-state index is 5.64. The molecule has 0 radical (unpaired) electrons. The highest BCUT2D eigenvalue weighted by atomic mass is 127. The molecule has 0 amide bonds. The van der Waals surface area contributed by atoms with Gasteiger partial charge in [-0.1, -0.05) is 23.2 Å². The Bertz CT molecular complexity index is 241. The van der Waals surface area contributed by atoms with E-state index in [1.165, 1.54) is 0 Å². The molecule has 54 valence electrons. The minimum atomic E-state index is 0.322. The number of nitrogens with zero attached hydrogens (tertiary/aromatic N) is 1. The molecule has 0 saturated heterocycles.